The molecule has 0 heterocycles. The van der Waals surface area contributed by atoms with Crippen molar-refractivity contribution < 1.29 is 18.1 Å². The van der Waals surface area contributed by atoms with Crippen LogP contribution in [0.25, 0.3) is 0 Å². The minimum absolute atomic E-state index is 0. The maximum Gasteiger partial charge on any atom is 0.141 e. The second-order valence-electron chi connectivity index (χ2n) is 2.32. The zero-order valence-electron chi connectivity index (χ0n) is 6.47. The standard InChI is InChI=1S/C8H11NS.ClH/c1-2-6-3-4-7(9)8(10)5-6;/h3-5,10H,2,9H2,1H3;1H. The summed E-state index contributed by atoms with van der Waals surface area (Å²) in [6, 6.07) is 6.15. The summed E-state index contributed by atoms with van der Waals surface area (Å²) in [4.78, 5) is 0.986. The molecule has 0 spiro atoms. The van der Waals surface area contributed by atoms with Crippen molar-refractivity contribution in [1.29, 1.82) is 0 Å². The molecular formula is C8H12ClNS. The number of hydrogen-bond donors (Lipinski definition) is 2. The summed E-state index contributed by atoms with van der Waals surface area (Å²) in [6.45, 7) is 2.13. The van der Waals surface area contributed by atoms with Crippen molar-refractivity contribution in [1.82, 2.24) is 0 Å². The van der Waals surface area contributed by atoms with E-state index in [1.807, 2.05) is 6.07 Å². The summed E-state index contributed by atoms with van der Waals surface area (Å²) >= 11 is 4.26. The van der Waals surface area contributed by atoms with Gasteiger partial charge in [-0.15, -0.1) is 12.6 Å². The smallest absolute Gasteiger partial charge is 0.141 e. The molecule has 0 saturated carbocycles. The minimum Gasteiger partial charge on any atom is -1.00 e. The Bertz CT molecular complexity index is 238. The molecule has 0 radical (unpaired) electrons. The number of quaternary nitrogens is 1. The lowest BCUT2D eigenvalue weighted by atomic mass is 10.1. The summed E-state index contributed by atoms with van der Waals surface area (Å²) in [6.07, 6.45) is 1.06. The van der Waals surface area contributed by atoms with Crippen molar-refractivity contribution in [2.24, 2.45) is 0 Å². The third-order valence-electron chi connectivity index (χ3n) is 1.56. The van der Waals surface area contributed by atoms with E-state index in [-0.39, 0.29) is 12.4 Å². The van der Waals surface area contributed by atoms with E-state index in [0.717, 1.165) is 17.0 Å². The molecule has 3 N–H and O–H groups in total. The average Bonchev–Trinajstić information content (AvgIpc) is 1.95. The maximum absolute atomic E-state index is 4.26. The summed E-state index contributed by atoms with van der Waals surface area (Å²) in [5.74, 6) is 0. The molecule has 11 heavy (non-hydrogen) atoms. The molecule has 1 rings (SSSR count). The van der Waals surface area contributed by atoms with E-state index in [4.69, 9.17) is 0 Å². The zero-order chi connectivity index (χ0) is 7.56. The molecule has 0 unspecified atom stereocenters. The largest absolute Gasteiger partial charge is 1.00 e. The van der Waals surface area contributed by atoms with Gasteiger partial charge >= 0.3 is 0 Å². The van der Waals surface area contributed by atoms with E-state index >= 15 is 0 Å². The fraction of sp³-hybridized carbons (Fsp3) is 0.250. The topological polar surface area (TPSA) is 27.6 Å². The predicted molar refractivity (Wildman–Crippen MR) is 45.6 cm³/mol. The Morgan fingerprint density at radius 3 is 2.55 bits per heavy atom. The molecule has 0 atom stereocenters. The third-order valence-corrected chi connectivity index (χ3v) is 1.97. The van der Waals surface area contributed by atoms with Crippen LogP contribution in [-0.2, 0) is 6.42 Å². The Hall–Kier alpha value is -0.180. The van der Waals surface area contributed by atoms with Crippen molar-refractivity contribution in [3.05, 3.63) is 23.8 Å². The quantitative estimate of drug-likeness (QED) is 0.499. The van der Waals surface area contributed by atoms with E-state index < -0.39 is 0 Å². The molecule has 3 heteroatoms. The van der Waals surface area contributed by atoms with Crippen molar-refractivity contribution in [2.75, 3.05) is 0 Å². The highest BCUT2D eigenvalue weighted by molar-refractivity contribution is 7.80. The molecule has 1 nitrogen and oxygen atoms in total. The van der Waals surface area contributed by atoms with Gasteiger partial charge in [-0.3, -0.25) is 0 Å². The van der Waals surface area contributed by atoms with E-state index in [9.17, 15) is 0 Å². The lowest BCUT2D eigenvalue weighted by molar-refractivity contribution is -0.258. The number of thiol groups is 1. The third kappa shape index (κ3) is 2.73. The average molecular weight is 190 g/mol. The molecule has 1 aromatic rings. The monoisotopic (exact) mass is 189 g/mol. The van der Waals surface area contributed by atoms with Gasteiger partial charge in [0, 0.05) is 6.07 Å². The van der Waals surface area contributed by atoms with Crippen molar-refractivity contribution >= 4 is 18.3 Å². The van der Waals surface area contributed by atoms with E-state index in [1.165, 1.54) is 5.56 Å². The van der Waals surface area contributed by atoms with Crippen LogP contribution in [0.15, 0.2) is 23.1 Å². The van der Waals surface area contributed by atoms with Crippen LogP contribution in [0.1, 0.15) is 12.5 Å². The highest BCUT2D eigenvalue weighted by Crippen LogP contribution is 2.16. The first kappa shape index (κ1) is 10.8. The molecule has 0 aliphatic carbocycles. The lowest BCUT2D eigenvalue weighted by Crippen LogP contribution is -3.00. The first-order valence-corrected chi connectivity index (χ1v) is 3.82. The Morgan fingerprint density at radius 2 is 2.09 bits per heavy atom. The summed E-state index contributed by atoms with van der Waals surface area (Å²) in [7, 11) is 0. The summed E-state index contributed by atoms with van der Waals surface area (Å²) in [5.41, 5.74) is 6.14. The first-order valence-electron chi connectivity index (χ1n) is 3.38. The Balaban J connectivity index is 0.000001000. The second-order valence-corrected chi connectivity index (χ2v) is 2.80. The van der Waals surface area contributed by atoms with Gasteiger partial charge in [0.2, 0.25) is 0 Å². The van der Waals surface area contributed by atoms with Crippen LogP contribution < -0.4 is 18.1 Å². The highest BCUT2D eigenvalue weighted by atomic mass is 35.5. The van der Waals surface area contributed by atoms with Gasteiger partial charge in [0.15, 0.2) is 0 Å². The van der Waals surface area contributed by atoms with Gasteiger partial charge in [0.25, 0.3) is 0 Å². The van der Waals surface area contributed by atoms with Crippen LogP contribution >= 0.6 is 12.6 Å². The molecule has 0 aliphatic heterocycles. The van der Waals surface area contributed by atoms with Crippen molar-refractivity contribution in [3.8, 4) is 0 Å². The second kappa shape index (κ2) is 4.65. The normalized spacial score (nSPS) is 9.00. The van der Waals surface area contributed by atoms with Crippen LogP contribution in [0.5, 0.6) is 0 Å². The van der Waals surface area contributed by atoms with Gasteiger partial charge in [0.1, 0.15) is 5.69 Å². The van der Waals surface area contributed by atoms with Crippen LogP contribution in [-0.4, -0.2) is 0 Å². The van der Waals surface area contributed by atoms with Gasteiger partial charge in [-0.2, -0.15) is 0 Å². The van der Waals surface area contributed by atoms with Gasteiger partial charge in [-0.1, -0.05) is 13.0 Å². The van der Waals surface area contributed by atoms with E-state index in [2.05, 4.69) is 37.4 Å². The fourth-order valence-corrected chi connectivity index (χ4v) is 1.07. The number of benzene rings is 1. The minimum atomic E-state index is 0. The van der Waals surface area contributed by atoms with E-state index in [0.29, 0.717) is 0 Å². The first-order chi connectivity index (χ1) is 4.74. The summed E-state index contributed by atoms with van der Waals surface area (Å²) < 4.78 is 0. The Kier molecular flexibility index (Phi) is 4.57. The van der Waals surface area contributed by atoms with Gasteiger partial charge < -0.3 is 18.1 Å². The van der Waals surface area contributed by atoms with Crippen LogP contribution in [0.4, 0.5) is 5.69 Å². The molecule has 0 aromatic heterocycles. The van der Waals surface area contributed by atoms with Gasteiger partial charge in [-0.05, 0) is 18.1 Å². The number of halogens is 1. The molecule has 0 fully saturated rings. The number of rotatable bonds is 1. The molecule has 0 amide bonds. The van der Waals surface area contributed by atoms with Crippen LogP contribution in [0.3, 0.4) is 0 Å². The zero-order valence-corrected chi connectivity index (χ0v) is 8.12. The van der Waals surface area contributed by atoms with E-state index in [1.54, 1.807) is 0 Å². The predicted octanol–water partition coefficient (Wildman–Crippen LogP) is -1.58. The van der Waals surface area contributed by atoms with Crippen molar-refractivity contribution in [2.45, 2.75) is 18.2 Å². The number of hydrogen-bond acceptors (Lipinski definition) is 1. The maximum atomic E-state index is 4.26. The number of aryl methyl sites for hydroxylation is 1. The molecule has 0 saturated heterocycles. The fourth-order valence-electron chi connectivity index (χ4n) is 0.829. The van der Waals surface area contributed by atoms with Crippen LogP contribution in [0.2, 0.25) is 0 Å². The van der Waals surface area contributed by atoms with Crippen molar-refractivity contribution in [3.63, 3.8) is 0 Å². The van der Waals surface area contributed by atoms with Gasteiger partial charge in [0.05, 0.1) is 4.90 Å². The Labute approximate surface area is 78.8 Å². The SMILES string of the molecule is CCc1ccc([NH3+])c(S)c1.[Cl-]. The Morgan fingerprint density at radius 1 is 1.45 bits per heavy atom. The summed E-state index contributed by atoms with van der Waals surface area (Å²) in [5, 5.41) is 0. The lowest BCUT2D eigenvalue weighted by Gasteiger charge is -1.97. The molecule has 62 valence electrons. The molecule has 0 aliphatic rings. The van der Waals surface area contributed by atoms with Crippen LogP contribution in [0, 0.1) is 0 Å². The van der Waals surface area contributed by atoms with Gasteiger partial charge in [-0.25, -0.2) is 0 Å². The molecule has 1 aromatic carbocycles. The highest BCUT2D eigenvalue weighted by Gasteiger charge is 1.96. The molecular weight excluding hydrogens is 178 g/mol. The molecule has 0 bridgehead atoms.